The molecule has 24 heavy (non-hydrogen) atoms. The molecule has 0 radical (unpaired) electrons. The zero-order chi connectivity index (χ0) is 16.9. The van der Waals surface area contributed by atoms with E-state index < -0.39 is 0 Å². The topological polar surface area (TPSA) is 67.6 Å². The van der Waals surface area contributed by atoms with E-state index in [1.165, 1.54) is 0 Å². The second-order valence-corrected chi connectivity index (χ2v) is 5.99. The predicted molar refractivity (Wildman–Crippen MR) is 96.5 cm³/mol. The van der Waals surface area contributed by atoms with E-state index in [0.29, 0.717) is 11.3 Å². The molecular formula is C19H23N3O2. The highest BCUT2D eigenvalue weighted by Gasteiger charge is 2.23. The first kappa shape index (κ1) is 16.2. The summed E-state index contributed by atoms with van der Waals surface area (Å²) in [6.45, 7) is 1.77. The minimum absolute atomic E-state index is 0.0937. The standard InChI is InChI=1S/C19H23N3O2/c1-24-18-9-5-4-8-17(18)22-12-10-14(11-13-22)21-19(23)15-6-2-3-7-16(15)20/h2-9,14H,10-13,20H2,1H3,(H,21,23). The van der Waals surface area contributed by atoms with E-state index in [-0.39, 0.29) is 11.9 Å². The van der Waals surface area contributed by atoms with E-state index in [2.05, 4.69) is 16.3 Å². The highest BCUT2D eigenvalue weighted by Crippen LogP contribution is 2.29. The van der Waals surface area contributed by atoms with Gasteiger partial charge in [-0.05, 0) is 37.1 Å². The molecule has 1 amide bonds. The van der Waals surface area contributed by atoms with Crippen molar-refractivity contribution >= 4 is 17.3 Å². The van der Waals surface area contributed by atoms with Gasteiger partial charge in [0.2, 0.25) is 0 Å². The van der Waals surface area contributed by atoms with Crippen molar-refractivity contribution < 1.29 is 9.53 Å². The molecule has 0 aliphatic carbocycles. The van der Waals surface area contributed by atoms with Gasteiger partial charge in [-0.1, -0.05) is 24.3 Å². The van der Waals surface area contributed by atoms with Crippen molar-refractivity contribution in [3.05, 3.63) is 54.1 Å². The fourth-order valence-corrected chi connectivity index (χ4v) is 3.12. The summed E-state index contributed by atoms with van der Waals surface area (Å²) < 4.78 is 5.44. The van der Waals surface area contributed by atoms with Gasteiger partial charge < -0.3 is 20.7 Å². The van der Waals surface area contributed by atoms with Crippen LogP contribution in [0.1, 0.15) is 23.2 Å². The number of piperidine rings is 1. The largest absolute Gasteiger partial charge is 0.495 e. The lowest BCUT2D eigenvalue weighted by Gasteiger charge is -2.34. The second-order valence-electron chi connectivity index (χ2n) is 5.99. The summed E-state index contributed by atoms with van der Waals surface area (Å²) in [4.78, 5) is 14.7. The van der Waals surface area contributed by atoms with Crippen LogP contribution in [0.25, 0.3) is 0 Å². The van der Waals surface area contributed by atoms with Gasteiger partial charge >= 0.3 is 0 Å². The molecule has 126 valence electrons. The number of carbonyl (C=O) groups is 1. The van der Waals surface area contributed by atoms with Crippen LogP contribution in [0.3, 0.4) is 0 Å². The normalized spacial score (nSPS) is 15.1. The number of para-hydroxylation sites is 3. The Bertz CT molecular complexity index is 709. The molecule has 0 bridgehead atoms. The van der Waals surface area contributed by atoms with Gasteiger partial charge in [0.05, 0.1) is 18.4 Å². The molecule has 0 saturated carbocycles. The molecule has 2 aromatic rings. The number of ether oxygens (including phenoxy) is 1. The highest BCUT2D eigenvalue weighted by molar-refractivity contribution is 5.99. The first-order valence-electron chi connectivity index (χ1n) is 8.22. The van der Waals surface area contributed by atoms with Gasteiger partial charge in [0.15, 0.2) is 0 Å². The zero-order valence-corrected chi connectivity index (χ0v) is 13.9. The van der Waals surface area contributed by atoms with Crippen molar-refractivity contribution in [2.45, 2.75) is 18.9 Å². The van der Waals surface area contributed by atoms with Crippen molar-refractivity contribution in [2.24, 2.45) is 0 Å². The average Bonchev–Trinajstić information content (AvgIpc) is 2.62. The Balaban J connectivity index is 1.59. The maximum absolute atomic E-state index is 12.4. The van der Waals surface area contributed by atoms with Crippen LogP contribution in [0.15, 0.2) is 48.5 Å². The number of nitrogen functional groups attached to an aromatic ring is 1. The van der Waals surface area contributed by atoms with Crippen molar-refractivity contribution in [1.82, 2.24) is 5.32 Å². The lowest BCUT2D eigenvalue weighted by atomic mass is 10.0. The predicted octanol–water partition coefficient (Wildman–Crippen LogP) is 2.68. The number of hydrogen-bond acceptors (Lipinski definition) is 4. The SMILES string of the molecule is COc1ccccc1N1CCC(NC(=O)c2ccccc2N)CC1. The maximum Gasteiger partial charge on any atom is 0.253 e. The number of nitrogens with zero attached hydrogens (tertiary/aromatic N) is 1. The Hall–Kier alpha value is -2.69. The molecule has 5 nitrogen and oxygen atoms in total. The lowest BCUT2D eigenvalue weighted by Crippen LogP contribution is -2.44. The lowest BCUT2D eigenvalue weighted by molar-refractivity contribution is 0.0932. The van der Waals surface area contributed by atoms with Crippen LogP contribution in [0.2, 0.25) is 0 Å². The number of hydrogen-bond donors (Lipinski definition) is 2. The summed E-state index contributed by atoms with van der Waals surface area (Å²) in [6, 6.07) is 15.4. The monoisotopic (exact) mass is 325 g/mol. The zero-order valence-electron chi connectivity index (χ0n) is 13.9. The van der Waals surface area contributed by atoms with Gasteiger partial charge in [-0.25, -0.2) is 0 Å². The van der Waals surface area contributed by atoms with Crippen LogP contribution in [-0.2, 0) is 0 Å². The highest BCUT2D eigenvalue weighted by atomic mass is 16.5. The molecule has 0 unspecified atom stereocenters. The summed E-state index contributed by atoms with van der Waals surface area (Å²) in [5.41, 5.74) is 8.04. The second kappa shape index (κ2) is 7.25. The number of amides is 1. The van der Waals surface area contributed by atoms with E-state index in [1.54, 1.807) is 19.2 Å². The summed E-state index contributed by atoms with van der Waals surface area (Å²) in [5.74, 6) is 0.792. The Morgan fingerprint density at radius 1 is 1.12 bits per heavy atom. The van der Waals surface area contributed by atoms with E-state index >= 15 is 0 Å². The number of nitrogens with two attached hydrogens (primary N) is 1. The van der Waals surface area contributed by atoms with Gasteiger partial charge in [0.1, 0.15) is 5.75 Å². The fourth-order valence-electron chi connectivity index (χ4n) is 3.12. The average molecular weight is 325 g/mol. The molecule has 3 rings (SSSR count). The summed E-state index contributed by atoms with van der Waals surface area (Å²) in [5, 5.41) is 3.10. The molecule has 5 heteroatoms. The Morgan fingerprint density at radius 2 is 1.79 bits per heavy atom. The Labute approximate surface area is 142 Å². The van der Waals surface area contributed by atoms with Gasteiger partial charge in [0, 0.05) is 24.8 Å². The molecule has 1 saturated heterocycles. The minimum atomic E-state index is -0.0937. The van der Waals surface area contributed by atoms with E-state index in [1.807, 2.05) is 30.3 Å². The maximum atomic E-state index is 12.4. The molecule has 0 aromatic heterocycles. The molecule has 1 heterocycles. The molecule has 1 aliphatic heterocycles. The van der Waals surface area contributed by atoms with Gasteiger partial charge in [-0.15, -0.1) is 0 Å². The Morgan fingerprint density at radius 3 is 2.50 bits per heavy atom. The van der Waals surface area contributed by atoms with Crippen LogP contribution in [0.4, 0.5) is 11.4 Å². The fraction of sp³-hybridized carbons (Fsp3) is 0.316. The van der Waals surface area contributed by atoms with Crippen LogP contribution in [0, 0.1) is 0 Å². The smallest absolute Gasteiger partial charge is 0.253 e. The van der Waals surface area contributed by atoms with E-state index in [0.717, 1.165) is 37.4 Å². The molecule has 3 N–H and O–H groups in total. The number of anilines is 2. The third-order valence-corrected chi connectivity index (χ3v) is 4.46. The van der Waals surface area contributed by atoms with Gasteiger partial charge in [-0.3, -0.25) is 4.79 Å². The van der Waals surface area contributed by atoms with Crippen LogP contribution in [-0.4, -0.2) is 32.1 Å². The number of methoxy groups -OCH3 is 1. The molecule has 1 aliphatic rings. The van der Waals surface area contributed by atoms with Gasteiger partial charge in [0.25, 0.3) is 5.91 Å². The summed E-state index contributed by atoms with van der Waals surface area (Å²) in [6.07, 6.45) is 1.80. The first-order chi connectivity index (χ1) is 11.7. The van der Waals surface area contributed by atoms with Crippen LogP contribution >= 0.6 is 0 Å². The third-order valence-electron chi connectivity index (χ3n) is 4.46. The number of carbonyl (C=O) groups excluding carboxylic acids is 1. The molecule has 0 spiro atoms. The molecule has 1 fully saturated rings. The van der Waals surface area contributed by atoms with Crippen molar-refractivity contribution in [3.8, 4) is 5.75 Å². The number of benzene rings is 2. The quantitative estimate of drug-likeness (QED) is 0.848. The number of rotatable bonds is 4. The van der Waals surface area contributed by atoms with Crippen molar-refractivity contribution in [1.29, 1.82) is 0 Å². The summed E-state index contributed by atoms with van der Waals surface area (Å²) >= 11 is 0. The van der Waals surface area contributed by atoms with Gasteiger partial charge in [-0.2, -0.15) is 0 Å². The van der Waals surface area contributed by atoms with E-state index in [4.69, 9.17) is 10.5 Å². The molecule has 0 atom stereocenters. The van der Waals surface area contributed by atoms with Crippen LogP contribution in [0.5, 0.6) is 5.75 Å². The van der Waals surface area contributed by atoms with E-state index in [9.17, 15) is 4.79 Å². The Kier molecular flexibility index (Phi) is 4.89. The first-order valence-corrected chi connectivity index (χ1v) is 8.22. The number of nitrogens with one attached hydrogen (secondary N) is 1. The van der Waals surface area contributed by atoms with Crippen molar-refractivity contribution in [2.75, 3.05) is 30.8 Å². The molecular weight excluding hydrogens is 302 g/mol. The minimum Gasteiger partial charge on any atom is -0.495 e. The van der Waals surface area contributed by atoms with Crippen LogP contribution < -0.4 is 20.7 Å². The molecule has 2 aromatic carbocycles. The van der Waals surface area contributed by atoms with Crippen molar-refractivity contribution in [3.63, 3.8) is 0 Å². The third kappa shape index (κ3) is 3.45. The summed E-state index contributed by atoms with van der Waals surface area (Å²) in [7, 11) is 1.69.